The molecule has 0 aromatic carbocycles. The first-order valence-electron chi connectivity index (χ1n) is 12.4. The van der Waals surface area contributed by atoms with Crippen molar-refractivity contribution in [1.82, 2.24) is 0 Å². The fraction of sp³-hybridized carbons (Fsp3) is 0.875. The predicted molar refractivity (Wildman–Crippen MR) is 130 cm³/mol. The van der Waals surface area contributed by atoms with E-state index >= 15 is 0 Å². The summed E-state index contributed by atoms with van der Waals surface area (Å²) in [6.07, 6.45) is 16.3. The molecule has 0 rings (SSSR count). The van der Waals surface area contributed by atoms with Gasteiger partial charge in [0, 0.05) is 6.42 Å². The molecule has 2 unspecified atom stereocenters. The lowest BCUT2D eigenvalue weighted by Gasteiger charge is -2.27. The van der Waals surface area contributed by atoms with Crippen molar-refractivity contribution < 1.29 is 37.6 Å². The topological polar surface area (TPSA) is 105 Å². The molecule has 0 fully saturated rings. The Kier molecular flexibility index (Phi) is 19.1. The van der Waals surface area contributed by atoms with Gasteiger partial charge < -0.3 is 28.3 Å². The first kappa shape index (κ1) is 32.2. The minimum absolute atomic E-state index is 0.00875. The van der Waals surface area contributed by atoms with Crippen LogP contribution in [-0.4, -0.2) is 69.2 Å². The number of ether oxygens (including phenoxy) is 1. The smallest absolute Gasteiger partial charge is 0.305 e. The molecule has 0 amide bonds. The van der Waals surface area contributed by atoms with E-state index in [0.29, 0.717) is 17.4 Å². The number of aliphatic hydroxyl groups is 1. The van der Waals surface area contributed by atoms with Crippen molar-refractivity contribution in [3.8, 4) is 0 Å². The molecule has 0 aromatic rings. The number of rotatable bonds is 22. The molecule has 0 saturated heterocycles. The van der Waals surface area contributed by atoms with Crippen molar-refractivity contribution in [2.45, 2.75) is 90.1 Å². The molecule has 33 heavy (non-hydrogen) atoms. The van der Waals surface area contributed by atoms with Gasteiger partial charge in [-0.25, -0.2) is 0 Å². The van der Waals surface area contributed by atoms with Crippen LogP contribution in [0.5, 0.6) is 0 Å². The number of hydrogen-bond acceptors (Lipinski definition) is 7. The van der Waals surface area contributed by atoms with E-state index in [-0.39, 0.29) is 13.2 Å². The quantitative estimate of drug-likeness (QED) is 0.0785. The van der Waals surface area contributed by atoms with Crippen LogP contribution in [0, 0.1) is 0 Å². The highest BCUT2D eigenvalue weighted by molar-refractivity contribution is 7.45. The van der Waals surface area contributed by atoms with Gasteiger partial charge in [-0.15, -0.1) is 0 Å². The number of esters is 1. The maximum absolute atomic E-state index is 11.8. The Bertz CT molecular complexity index is 564. The zero-order valence-corrected chi connectivity index (χ0v) is 22.2. The Balaban J connectivity index is 3.63. The van der Waals surface area contributed by atoms with Gasteiger partial charge in [-0.3, -0.25) is 9.36 Å². The molecule has 196 valence electrons. The van der Waals surface area contributed by atoms with Gasteiger partial charge in [0.05, 0.1) is 27.7 Å². The van der Waals surface area contributed by atoms with E-state index in [4.69, 9.17) is 9.26 Å². The highest BCUT2D eigenvalue weighted by atomic mass is 31.2. The number of phosphoric acid groups is 1. The summed E-state index contributed by atoms with van der Waals surface area (Å²) in [5.74, 6) is -0.399. The van der Waals surface area contributed by atoms with Crippen LogP contribution in [0.2, 0.25) is 0 Å². The summed E-state index contributed by atoms with van der Waals surface area (Å²) in [4.78, 5) is 23.4. The Hall–Kier alpha value is -0.760. The maximum Gasteiger partial charge on any atom is 0.305 e. The molecule has 0 radical (unpaired) electrons. The number of allylic oxidation sites excluding steroid dienone is 2. The number of carbonyl (C=O) groups excluding carboxylic acids is 1. The molecule has 0 aliphatic rings. The molecule has 0 aromatic heterocycles. The molecule has 0 saturated carbocycles. The molecule has 0 bridgehead atoms. The standard InChI is InChI=1S/C24H48NO7P/c1-5-6-7-8-9-10-11-12-13-14-15-16-17-18-24(27)30-21-23(26)22-32-33(28,29)31-20-19-25(2,3)4/h10-11,23,26H,5-9,12-22H2,1-4H3/b11-10-. The number of quaternary nitrogens is 1. The summed E-state index contributed by atoms with van der Waals surface area (Å²) >= 11 is 0. The SMILES string of the molecule is CCCCCC/C=C\CCCCCCCC(=O)OCC(O)COP(=O)([O-])OCC[N+](C)(C)C. The van der Waals surface area contributed by atoms with Crippen LogP contribution in [0.3, 0.4) is 0 Å². The normalized spacial score (nSPS) is 15.0. The lowest BCUT2D eigenvalue weighted by atomic mass is 10.1. The van der Waals surface area contributed by atoms with Gasteiger partial charge in [0.25, 0.3) is 7.82 Å². The molecule has 8 nitrogen and oxygen atoms in total. The van der Waals surface area contributed by atoms with Crippen LogP contribution in [0.15, 0.2) is 12.2 Å². The van der Waals surface area contributed by atoms with Crippen molar-refractivity contribution in [2.24, 2.45) is 0 Å². The third kappa shape index (κ3) is 24.2. The minimum atomic E-state index is -4.49. The third-order valence-electron chi connectivity index (χ3n) is 5.02. The number of nitrogens with zero attached hydrogens (tertiary/aromatic N) is 1. The van der Waals surface area contributed by atoms with E-state index in [2.05, 4.69) is 23.6 Å². The largest absolute Gasteiger partial charge is 0.756 e. The lowest BCUT2D eigenvalue weighted by Crippen LogP contribution is -2.37. The van der Waals surface area contributed by atoms with Gasteiger partial charge in [0.2, 0.25) is 0 Å². The molecule has 1 N–H and O–H groups in total. The summed E-state index contributed by atoms with van der Waals surface area (Å²) < 4.78 is 26.6. The molecule has 0 aliphatic heterocycles. The van der Waals surface area contributed by atoms with E-state index in [1.54, 1.807) is 0 Å². The Morgan fingerprint density at radius 3 is 2.12 bits per heavy atom. The average Bonchev–Trinajstić information content (AvgIpc) is 2.73. The molecular weight excluding hydrogens is 445 g/mol. The lowest BCUT2D eigenvalue weighted by molar-refractivity contribution is -0.870. The van der Waals surface area contributed by atoms with Crippen molar-refractivity contribution in [3.05, 3.63) is 12.2 Å². The van der Waals surface area contributed by atoms with Gasteiger partial charge in [-0.05, 0) is 32.1 Å². The molecular formula is C24H48NO7P. The van der Waals surface area contributed by atoms with E-state index in [0.717, 1.165) is 32.1 Å². The van der Waals surface area contributed by atoms with Crippen molar-refractivity contribution in [2.75, 3.05) is 47.5 Å². The fourth-order valence-electron chi connectivity index (χ4n) is 2.94. The molecule has 0 spiro atoms. The van der Waals surface area contributed by atoms with Crippen LogP contribution >= 0.6 is 7.82 Å². The second-order valence-electron chi connectivity index (χ2n) is 9.55. The monoisotopic (exact) mass is 493 g/mol. The second-order valence-corrected chi connectivity index (χ2v) is 11.0. The summed E-state index contributed by atoms with van der Waals surface area (Å²) in [5.41, 5.74) is 0. The van der Waals surface area contributed by atoms with E-state index in [9.17, 15) is 19.4 Å². The number of aliphatic hydroxyl groups excluding tert-OH is 1. The predicted octanol–water partition coefficient (Wildman–Crippen LogP) is 4.36. The summed E-state index contributed by atoms with van der Waals surface area (Å²) in [5, 5.41) is 9.77. The molecule has 0 aliphatic carbocycles. The van der Waals surface area contributed by atoms with Crippen molar-refractivity contribution >= 4 is 13.8 Å². The Morgan fingerprint density at radius 2 is 1.52 bits per heavy atom. The summed E-state index contributed by atoms with van der Waals surface area (Å²) in [6, 6.07) is 0. The number of unbranched alkanes of at least 4 members (excludes halogenated alkanes) is 9. The summed E-state index contributed by atoms with van der Waals surface area (Å²) in [6.45, 7) is 1.90. The van der Waals surface area contributed by atoms with Crippen molar-refractivity contribution in [1.29, 1.82) is 0 Å². The van der Waals surface area contributed by atoms with E-state index in [1.807, 2.05) is 21.1 Å². The highest BCUT2D eigenvalue weighted by Crippen LogP contribution is 2.38. The number of phosphoric ester groups is 1. The van der Waals surface area contributed by atoms with Crippen LogP contribution in [0.1, 0.15) is 84.0 Å². The number of likely N-dealkylation sites (N-methyl/N-ethyl adjacent to an activating group) is 1. The van der Waals surface area contributed by atoms with Crippen LogP contribution in [-0.2, 0) is 23.1 Å². The Morgan fingerprint density at radius 1 is 0.939 bits per heavy atom. The zero-order valence-electron chi connectivity index (χ0n) is 21.3. The van der Waals surface area contributed by atoms with Crippen LogP contribution in [0.4, 0.5) is 0 Å². The molecule has 0 heterocycles. The van der Waals surface area contributed by atoms with Gasteiger partial charge >= 0.3 is 5.97 Å². The first-order chi connectivity index (χ1) is 15.6. The highest BCUT2D eigenvalue weighted by Gasteiger charge is 2.16. The Labute approximate surface area is 201 Å². The maximum atomic E-state index is 11.8. The number of hydrogen-bond donors (Lipinski definition) is 1. The zero-order chi connectivity index (χ0) is 25.0. The van der Waals surface area contributed by atoms with Crippen LogP contribution < -0.4 is 4.89 Å². The summed E-state index contributed by atoms with van der Waals surface area (Å²) in [7, 11) is 1.24. The minimum Gasteiger partial charge on any atom is -0.756 e. The van der Waals surface area contributed by atoms with Gasteiger partial charge in [-0.1, -0.05) is 57.6 Å². The average molecular weight is 494 g/mol. The van der Waals surface area contributed by atoms with Gasteiger partial charge in [-0.2, -0.15) is 0 Å². The first-order valence-corrected chi connectivity index (χ1v) is 13.9. The van der Waals surface area contributed by atoms with Gasteiger partial charge in [0.15, 0.2) is 0 Å². The molecule has 2 atom stereocenters. The second kappa shape index (κ2) is 19.5. The van der Waals surface area contributed by atoms with E-state index < -0.39 is 26.5 Å². The third-order valence-corrected chi connectivity index (χ3v) is 5.98. The van der Waals surface area contributed by atoms with Gasteiger partial charge in [0.1, 0.15) is 25.9 Å². The fourth-order valence-corrected chi connectivity index (χ4v) is 3.67. The number of carbonyl (C=O) groups is 1. The van der Waals surface area contributed by atoms with Crippen LogP contribution in [0.25, 0.3) is 0 Å². The van der Waals surface area contributed by atoms with E-state index in [1.165, 1.54) is 38.5 Å². The molecule has 9 heteroatoms. The van der Waals surface area contributed by atoms with Crippen molar-refractivity contribution in [3.63, 3.8) is 0 Å².